The molecule has 1 aliphatic heterocycles. The molecular formula is C26H28ClN3OS. The van der Waals surface area contributed by atoms with Crippen LogP contribution >= 0.6 is 11.6 Å². The van der Waals surface area contributed by atoms with Crippen LogP contribution in [0.3, 0.4) is 0 Å². The Morgan fingerprint density at radius 2 is 1.75 bits per heavy atom. The first-order valence-corrected chi connectivity index (χ1v) is 12.4. The Labute approximate surface area is 198 Å². The molecule has 0 radical (unpaired) electrons. The average molecular weight is 466 g/mol. The maximum Gasteiger partial charge on any atom is 0.126 e. The molecule has 0 amide bonds. The molecule has 166 valence electrons. The monoisotopic (exact) mass is 465 g/mol. The van der Waals surface area contributed by atoms with E-state index >= 15 is 0 Å². The maximum absolute atomic E-state index is 12.7. The van der Waals surface area contributed by atoms with Gasteiger partial charge in [-0.3, -0.25) is 4.90 Å². The molecule has 3 aromatic rings. The summed E-state index contributed by atoms with van der Waals surface area (Å²) in [6.07, 6.45) is 0.920. The van der Waals surface area contributed by atoms with Crippen LogP contribution in [0.2, 0.25) is 5.02 Å². The molecule has 1 fully saturated rings. The van der Waals surface area contributed by atoms with Gasteiger partial charge in [-0.05, 0) is 41.3 Å². The maximum atomic E-state index is 12.7. The van der Waals surface area contributed by atoms with Crippen molar-refractivity contribution >= 4 is 22.6 Å². The third-order valence-corrected chi connectivity index (χ3v) is 7.00. The molecular weight excluding hydrogens is 438 g/mol. The van der Waals surface area contributed by atoms with Gasteiger partial charge in [0, 0.05) is 25.7 Å². The molecule has 4 rings (SSSR count). The van der Waals surface area contributed by atoms with Crippen LogP contribution in [0.25, 0.3) is 11.1 Å². The van der Waals surface area contributed by atoms with Gasteiger partial charge in [0.25, 0.3) is 0 Å². The number of rotatable bonds is 6. The number of nitriles is 1. The van der Waals surface area contributed by atoms with Crippen LogP contribution in [-0.2, 0) is 17.5 Å². The van der Waals surface area contributed by atoms with Crippen LogP contribution in [0, 0.1) is 11.3 Å². The lowest BCUT2D eigenvalue weighted by Gasteiger charge is -2.17. The second-order valence-electron chi connectivity index (χ2n) is 7.43. The van der Waals surface area contributed by atoms with Crippen LogP contribution < -0.4 is 4.72 Å². The Morgan fingerprint density at radius 1 is 1.06 bits per heavy atom. The summed E-state index contributed by atoms with van der Waals surface area (Å²) in [6.45, 7) is 6.63. The second kappa shape index (κ2) is 11.9. The second-order valence-corrected chi connectivity index (χ2v) is 9.05. The Kier molecular flexibility index (Phi) is 9.01. The zero-order valence-corrected chi connectivity index (χ0v) is 20.0. The van der Waals surface area contributed by atoms with E-state index < -0.39 is 11.0 Å². The Morgan fingerprint density at radius 3 is 2.44 bits per heavy atom. The third-order valence-electron chi connectivity index (χ3n) is 5.27. The third kappa shape index (κ3) is 6.27. The number of nitrogens with one attached hydrogen (secondary N) is 1. The van der Waals surface area contributed by atoms with Crippen molar-refractivity contribution in [2.75, 3.05) is 13.1 Å². The van der Waals surface area contributed by atoms with Crippen LogP contribution in [0.15, 0.2) is 77.7 Å². The Hall–Kier alpha value is -2.49. The van der Waals surface area contributed by atoms with E-state index in [1.165, 1.54) is 16.7 Å². The lowest BCUT2D eigenvalue weighted by atomic mass is 10.0. The highest BCUT2D eigenvalue weighted by Crippen LogP contribution is 2.23. The summed E-state index contributed by atoms with van der Waals surface area (Å²) in [6, 6.07) is 26.1. The molecule has 1 heterocycles. The fourth-order valence-corrected chi connectivity index (χ4v) is 5.12. The number of likely N-dealkylation sites (tertiary alicyclic amines) is 1. The van der Waals surface area contributed by atoms with Crippen molar-refractivity contribution in [2.45, 2.75) is 37.8 Å². The highest BCUT2D eigenvalue weighted by molar-refractivity contribution is 7.83. The molecule has 1 saturated heterocycles. The quantitative estimate of drug-likeness (QED) is 0.501. The van der Waals surface area contributed by atoms with Crippen molar-refractivity contribution in [3.8, 4) is 17.2 Å². The van der Waals surface area contributed by atoms with Crippen LogP contribution in [0.4, 0.5) is 0 Å². The fraction of sp³-hybridized carbons (Fsp3) is 0.269. The van der Waals surface area contributed by atoms with Gasteiger partial charge in [0.2, 0.25) is 0 Å². The smallest absolute Gasteiger partial charge is 0.126 e. The normalized spacial score (nSPS) is 16.6. The first kappa shape index (κ1) is 24.2. The molecule has 2 atom stereocenters. The van der Waals surface area contributed by atoms with E-state index in [-0.39, 0.29) is 6.04 Å². The number of hydrogen-bond acceptors (Lipinski definition) is 3. The van der Waals surface area contributed by atoms with Gasteiger partial charge in [-0.2, -0.15) is 5.26 Å². The van der Waals surface area contributed by atoms with Gasteiger partial charge in [-0.1, -0.05) is 80.0 Å². The molecule has 0 spiro atoms. The lowest BCUT2D eigenvalue weighted by Crippen LogP contribution is -2.33. The molecule has 6 heteroatoms. The van der Waals surface area contributed by atoms with Gasteiger partial charge in [-0.25, -0.2) is 8.93 Å². The van der Waals surface area contributed by atoms with Gasteiger partial charge in [0.05, 0.1) is 21.6 Å². The van der Waals surface area contributed by atoms with Crippen molar-refractivity contribution in [3.63, 3.8) is 0 Å². The Bertz CT molecular complexity index is 1080. The molecule has 0 bridgehead atoms. The van der Waals surface area contributed by atoms with Crippen molar-refractivity contribution in [1.29, 1.82) is 5.26 Å². The highest BCUT2D eigenvalue weighted by Gasteiger charge is 2.24. The van der Waals surface area contributed by atoms with E-state index in [0.29, 0.717) is 15.5 Å². The summed E-state index contributed by atoms with van der Waals surface area (Å²) >= 11 is 6.17. The van der Waals surface area contributed by atoms with Crippen molar-refractivity contribution in [1.82, 2.24) is 9.62 Å². The van der Waals surface area contributed by atoms with E-state index in [1.807, 2.05) is 32.0 Å². The molecule has 0 saturated carbocycles. The summed E-state index contributed by atoms with van der Waals surface area (Å²) in [7, 11) is -1.44. The first-order valence-electron chi connectivity index (χ1n) is 10.9. The number of halogens is 1. The molecule has 4 nitrogen and oxygen atoms in total. The van der Waals surface area contributed by atoms with Crippen LogP contribution in [0.1, 0.15) is 31.4 Å². The summed E-state index contributed by atoms with van der Waals surface area (Å²) in [5, 5.41) is 9.47. The summed E-state index contributed by atoms with van der Waals surface area (Å²) in [5.41, 5.74) is 4.15. The predicted molar refractivity (Wildman–Crippen MR) is 133 cm³/mol. The number of nitrogens with zero attached hydrogens (tertiary/aromatic N) is 2. The van der Waals surface area contributed by atoms with Crippen molar-refractivity contribution < 1.29 is 4.21 Å². The van der Waals surface area contributed by atoms with Gasteiger partial charge in [0.15, 0.2) is 0 Å². The highest BCUT2D eigenvalue weighted by atomic mass is 35.5. The molecule has 32 heavy (non-hydrogen) atoms. The van der Waals surface area contributed by atoms with Crippen molar-refractivity contribution in [2.24, 2.45) is 0 Å². The van der Waals surface area contributed by atoms with Crippen molar-refractivity contribution in [3.05, 3.63) is 88.9 Å². The summed E-state index contributed by atoms with van der Waals surface area (Å²) < 4.78 is 15.9. The van der Waals surface area contributed by atoms with Crippen LogP contribution in [0.5, 0.6) is 0 Å². The fourth-order valence-electron chi connectivity index (χ4n) is 3.69. The zero-order chi connectivity index (χ0) is 22.9. The largest absolute Gasteiger partial charge is 0.297 e. The number of hydrogen-bond donors (Lipinski definition) is 1. The average Bonchev–Trinajstić information content (AvgIpc) is 3.28. The molecule has 0 aromatic heterocycles. The minimum Gasteiger partial charge on any atom is -0.297 e. The topological polar surface area (TPSA) is 56.1 Å². The first-order chi connectivity index (χ1) is 15.6. The summed E-state index contributed by atoms with van der Waals surface area (Å²) in [4.78, 5) is 2.82. The minimum absolute atomic E-state index is 0.122. The van der Waals surface area contributed by atoms with E-state index in [4.69, 9.17) is 16.9 Å². The predicted octanol–water partition coefficient (Wildman–Crippen LogP) is 5.79. The zero-order valence-electron chi connectivity index (χ0n) is 18.4. The number of benzene rings is 3. The van der Waals surface area contributed by atoms with E-state index in [1.54, 1.807) is 18.2 Å². The molecule has 1 aliphatic rings. The molecule has 1 N–H and O–H groups in total. The summed E-state index contributed by atoms with van der Waals surface area (Å²) in [5.74, 6) is 0. The lowest BCUT2D eigenvalue weighted by molar-refractivity contribution is 0.325. The molecule has 3 aromatic carbocycles. The van der Waals surface area contributed by atoms with Gasteiger partial charge < -0.3 is 0 Å². The molecule has 0 aliphatic carbocycles. The Balaban J connectivity index is 0.00000141. The van der Waals surface area contributed by atoms with Gasteiger partial charge in [0.1, 0.15) is 11.0 Å². The minimum atomic E-state index is -1.44. The van der Waals surface area contributed by atoms with E-state index in [2.05, 4.69) is 52.1 Å². The van der Waals surface area contributed by atoms with E-state index in [0.717, 1.165) is 26.1 Å². The molecule has 2 unspecified atom stereocenters. The van der Waals surface area contributed by atoms with Gasteiger partial charge >= 0.3 is 0 Å². The van der Waals surface area contributed by atoms with Crippen LogP contribution in [-0.4, -0.2) is 28.2 Å². The SMILES string of the molecule is CC.N#Cc1ccc(Cl)c(S(=O)NC2CCN(Cc3ccc(-c4ccccc4)cc3)C2)c1. The van der Waals surface area contributed by atoms with E-state index in [9.17, 15) is 4.21 Å². The standard InChI is InChI=1S/C24H22ClN3OS.C2H6/c25-23-11-8-19(15-26)14-24(23)30(29)27-22-12-13-28(17-22)16-18-6-9-21(10-7-18)20-4-2-1-3-5-20;1-2/h1-11,14,22,27H,12-13,16-17H2;1-2H3. The van der Waals surface area contributed by atoms with Gasteiger partial charge in [-0.15, -0.1) is 0 Å².